The van der Waals surface area contributed by atoms with Crippen molar-refractivity contribution in [2.45, 2.75) is 6.04 Å². The van der Waals surface area contributed by atoms with Crippen LogP contribution in [-0.2, 0) is 9.53 Å². The lowest BCUT2D eigenvalue weighted by Crippen LogP contribution is -2.37. The van der Waals surface area contributed by atoms with Crippen LogP contribution in [0.5, 0.6) is 0 Å². The zero-order valence-electron chi connectivity index (χ0n) is 15.2. The van der Waals surface area contributed by atoms with Crippen LogP contribution in [0.25, 0.3) is 10.8 Å². The first-order chi connectivity index (χ1) is 13.5. The number of fused-ring (bicyclic) bond motifs is 2. The molecule has 3 aromatic carbocycles. The molecule has 138 valence electrons. The van der Waals surface area contributed by atoms with Crippen LogP contribution in [0.15, 0.2) is 78.9 Å². The molecule has 5 nitrogen and oxygen atoms in total. The van der Waals surface area contributed by atoms with E-state index < -0.39 is 23.8 Å². The summed E-state index contributed by atoms with van der Waals surface area (Å²) >= 11 is 0. The van der Waals surface area contributed by atoms with Crippen LogP contribution >= 0.6 is 0 Å². The standard InChI is InChI=1S/C23H17NO4/c1-14(23(27)28-2)20(17-13-7-9-15-8-3-4-10-16(15)17)24-21(25)18-11-5-6-12-19(18)22(24)26/h3-13,20H,1H2,2H3/t20-/m0/s1. The van der Waals surface area contributed by atoms with Crippen LogP contribution in [-0.4, -0.2) is 29.8 Å². The van der Waals surface area contributed by atoms with E-state index in [0.29, 0.717) is 16.7 Å². The van der Waals surface area contributed by atoms with Crippen molar-refractivity contribution in [1.29, 1.82) is 0 Å². The molecule has 0 unspecified atom stereocenters. The lowest BCUT2D eigenvalue weighted by molar-refractivity contribution is -0.136. The van der Waals surface area contributed by atoms with Crippen molar-refractivity contribution in [3.05, 3.63) is 95.6 Å². The van der Waals surface area contributed by atoms with Crippen LogP contribution in [0.3, 0.4) is 0 Å². The minimum atomic E-state index is -0.967. The summed E-state index contributed by atoms with van der Waals surface area (Å²) in [6.07, 6.45) is 0. The molecule has 0 aliphatic carbocycles. The Hall–Kier alpha value is -3.73. The second-order valence-corrected chi connectivity index (χ2v) is 6.51. The van der Waals surface area contributed by atoms with E-state index in [4.69, 9.17) is 4.74 Å². The van der Waals surface area contributed by atoms with Gasteiger partial charge in [0.05, 0.1) is 29.9 Å². The van der Waals surface area contributed by atoms with Gasteiger partial charge in [0.1, 0.15) is 0 Å². The molecule has 0 N–H and O–H groups in total. The molecule has 0 saturated heterocycles. The van der Waals surface area contributed by atoms with Crippen LogP contribution in [0.1, 0.15) is 32.3 Å². The van der Waals surface area contributed by atoms with Gasteiger partial charge >= 0.3 is 5.97 Å². The SMILES string of the molecule is C=C(C(=O)OC)[C@@H](c1cccc2ccccc12)N1C(=O)c2ccccc2C1=O. The lowest BCUT2D eigenvalue weighted by Gasteiger charge is -2.28. The second kappa shape index (κ2) is 6.78. The lowest BCUT2D eigenvalue weighted by atomic mass is 9.93. The maximum Gasteiger partial charge on any atom is 0.335 e. The fraction of sp³-hybridized carbons (Fsp3) is 0.0870. The number of carbonyl (C=O) groups is 3. The van der Waals surface area contributed by atoms with Gasteiger partial charge in [-0.05, 0) is 28.5 Å². The number of methoxy groups -OCH3 is 1. The third-order valence-electron chi connectivity index (χ3n) is 4.98. The van der Waals surface area contributed by atoms with Crippen LogP contribution in [0.4, 0.5) is 0 Å². The molecule has 0 fully saturated rings. The molecule has 4 rings (SSSR count). The van der Waals surface area contributed by atoms with E-state index in [0.717, 1.165) is 15.7 Å². The minimum Gasteiger partial charge on any atom is -0.466 e. The number of nitrogens with zero attached hydrogens (tertiary/aromatic N) is 1. The highest BCUT2D eigenvalue weighted by molar-refractivity contribution is 6.22. The molecule has 5 heteroatoms. The van der Waals surface area contributed by atoms with Gasteiger partial charge in [-0.2, -0.15) is 0 Å². The van der Waals surface area contributed by atoms with E-state index in [2.05, 4.69) is 6.58 Å². The van der Waals surface area contributed by atoms with Crippen molar-refractivity contribution in [2.24, 2.45) is 0 Å². The number of imide groups is 1. The molecule has 0 spiro atoms. The maximum absolute atomic E-state index is 13.1. The highest BCUT2D eigenvalue weighted by Crippen LogP contribution is 2.38. The zero-order valence-corrected chi connectivity index (χ0v) is 15.2. The Kier molecular flexibility index (Phi) is 4.28. The molecule has 2 amide bonds. The number of hydrogen-bond donors (Lipinski definition) is 0. The number of hydrogen-bond acceptors (Lipinski definition) is 4. The number of rotatable bonds is 4. The minimum absolute atomic E-state index is 0.0216. The summed E-state index contributed by atoms with van der Waals surface area (Å²) in [6, 6.07) is 18.8. The third-order valence-corrected chi connectivity index (χ3v) is 4.98. The zero-order chi connectivity index (χ0) is 19.8. The van der Waals surface area contributed by atoms with E-state index in [1.807, 2.05) is 36.4 Å². The van der Waals surface area contributed by atoms with Crippen LogP contribution < -0.4 is 0 Å². The molecule has 1 aliphatic rings. The average Bonchev–Trinajstić information content (AvgIpc) is 2.99. The van der Waals surface area contributed by atoms with Crippen molar-refractivity contribution in [1.82, 2.24) is 4.90 Å². The maximum atomic E-state index is 13.1. The molecule has 0 bridgehead atoms. The molecule has 1 aliphatic heterocycles. The molecule has 1 heterocycles. The summed E-state index contributed by atoms with van der Waals surface area (Å²) in [4.78, 5) is 39.6. The fourth-order valence-electron chi connectivity index (χ4n) is 3.66. The van der Waals surface area contributed by atoms with Gasteiger partial charge in [0.2, 0.25) is 0 Å². The predicted octanol–water partition coefficient (Wildman–Crippen LogP) is 3.91. The Labute approximate surface area is 161 Å². The fourth-order valence-corrected chi connectivity index (χ4v) is 3.66. The van der Waals surface area contributed by atoms with E-state index in [-0.39, 0.29) is 5.57 Å². The Morgan fingerprint density at radius 2 is 1.46 bits per heavy atom. The quantitative estimate of drug-likeness (QED) is 0.396. The topological polar surface area (TPSA) is 63.7 Å². The van der Waals surface area contributed by atoms with Crippen molar-refractivity contribution in [3.63, 3.8) is 0 Å². The van der Waals surface area contributed by atoms with Gasteiger partial charge in [0.25, 0.3) is 11.8 Å². The number of esters is 1. The predicted molar refractivity (Wildman–Crippen MR) is 105 cm³/mol. The van der Waals surface area contributed by atoms with Crippen LogP contribution in [0.2, 0.25) is 0 Å². The highest BCUT2D eigenvalue weighted by Gasteiger charge is 2.43. The average molecular weight is 371 g/mol. The van der Waals surface area contributed by atoms with Gasteiger partial charge in [0, 0.05) is 0 Å². The summed E-state index contributed by atoms with van der Waals surface area (Å²) in [7, 11) is 1.25. The van der Waals surface area contributed by atoms with E-state index in [1.54, 1.807) is 30.3 Å². The van der Waals surface area contributed by atoms with Gasteiger partial charge in [-0.25, -0.2) is 4.79 Å². The summed E-state index contributed by atoms with van der Waals surface area (Å²) < 4.78 is 4.85. The first-order valence-corrected chi connectivity index (χ1v) is 8.76. The van der Waals surface area contributed by atoms with E-state index in [1.165, 1.54) is 7.11 Å². The van der Waals surface area contributed by atoms with Gasteiger partial charge in [-0.3, -0.25) is 14.5 Å². The Balaban J connectivity index is 1.93. The van der Waals surface area contributed by atoms with Crippen molar-refractivity contribution >= 4 is 28.6 Å². The van der Waals surface area contributed by atoms with Crippen molar-refractivity contribution in [3.8, 4) is 0 Å². The highest BCUT2D eigenvalue weighted by atomic mass is 16.5. The molecular weight excluding hydrogens is 354 g/mol. The van der Waals surface area contributed by atoms with Crippen molar-refractivity contribution < 1.29 is 19.1 Å². The largest absolute Gasteiger partial charge is 0.466 e. The molecule has 0 radical (unpaired) electrons. The summed E-state index contributed by atoms with van der Waals surface area (Å²) in [6.45, 7) is 3.86. The van der Waals surface area contributed by atoms with Crippen molar-refractivity contribution in [2.75, 3.05) is 7.11 Å². The monoisotopic (exact) mass is 371 g/mol. The molecule has 0 aromatic heterocycles. The normalized spacial score (nSPS) is 14.1. The number of carbonyl (C=O) groups excluding carboxylic acids is 3. The van der Waals surface area contributed by atoms with E-state index >= 15 is 0 Å². The smallest absolute Gasteiger partial charge is 0.335 e. The Bertz CT molecular complexity index is 1110. The summed E-state index contributed by atoms with van der Waals surface area (Å²) in [5.41, 5.74) is 1.29. The molecule has 3 aromatic rings. The molecular formula is C23H17NO4. The third kappa shape index (κ3) is 2.60. The number of amides is 2. The summed E-state index contributed by atoms with van der Waals surface area (Å²) in [5.74, 6) is -1.58. The van der Waals surface area contributed by atoms with Crippen LogP contribution in [0, 0.1) is 0 Å². The Morgan fingerprint density at radius 1 is 0.893 bits per heavy atom. The Morgan fingerprint density at radius 3 is 2.11 bits per heavy atom. The van der Waals surface area contributed by atoms with Gasteiger partial charge < -0.3 is 4.74 Å². The second-order valence-electron chi connectivity index (χ2n) is 6.51. The first-order valence-electron chi connectivity index (χ1n) is 8.76. The van der Waals surface area contributed by atoms with Gasteiger partial charge in [-0.15, -0.1) is 0 Å². The summed E-state index contributed by atoms with van der Waals surface area (Å²) in [5, 5.41) is 1.76. The number of benzene rings is 3. The van der Waals surface area contributed by atoms with Gasteiger partial charge in [-0.1, -0.05) is 61.2 Å². The number of ether oxygens (including phenoxy) is 1. The molecule has 1 atom stereocenters. The van der Waals surface area contributed by atoms with Gasteiger partial charge in [0.15, 0.2) is 0 Å². The first kappa shape index (κ1) is 17.7. The molecule has 0 saturated carbocycles. The molecule has 28 heavy (non-hydrogen) atoms. The van der Waals surface area contributed by atoms with E-state index in [9.17, 15) is 14.4 Å².